The number of halogens is 2. The summed E-state index contributed by atoms with van der Waals surface area (Å²) < 4.78 is 0. The highest BCUT2D eigenvalue weighted by molar-refractivity contribution is 6.42. The van der Waals surface area contributed by atoms with Gasteiger partial charge in [-0.1, -0.05) is 34.4 Å². The van der Waals surface area contributed by atoms with Gasteiger partial charge >= 0.3 is 6.09 Å². The van der Waals surface area contributed by atoms with Crippen molar-refractivity contribution < 1.29 is 14.7 Å². The highest BCUT2D eigenvalue weighted by Crippen LogP contribution is 2.63. The molecule has 2 aliphatic rings. The molecular weight excluding hydrogens is 315 g/mol. The molecule has 0 aromatic heterocycles. The van der Waals surface area contributed by atoms with Crippen molar-refractivity contribution in [3.8, 4) is 0 Å². The first-order valence-electron chi connectivity index (χ1n) is 6.50. The highest BCUT2D eigenvalue weighted by atomic mass is 35.5. The van der Waals surface area contributed by atoms with Gasteiger partial charge in [0.2, 0.25) is 0 Å². The Morgan fingerprint density at radius 1 is 1.52 bits per heavy atom. The van der Waals surface area contributed by atoms with E-state index in [0.29, 0.717) is 23.1 Å². The summed E-state index contributed by atoms with van der Waals surface area (Å²) in [5, 5.41) is 14.0. The second kappa shape index (κ2) is 5.07. The number of oxime groups is 1. The van der Waals surface area contributed by atoms with Gasteiger partial charge in [0.1, 0.15) is 7.11 Å². The minimum atomic E-state index is -0.899. The molecule has 1 saturated carbocycles. The number of nitrogens with zero attached hydrogens (tertiary/aromatic N) is 2. The van der Waals surface area contributed by atoms with Gasteiger partial charge in [-0.3, -0.25) is 0 Å². The molecular formula is C14H14Cl2N2O3. The number of hydrogen-bond donors (Lipinski definition) is 1. The van der Waals surface area contributed by atoms with Gasteiger partial charge in [0.15, 0.2) is 0 Å². The highest BCUT2D eigenvalue weighted by Gasteiger charge is 2.70. The lowest BCUT2D eigenvalue weighted by Crippen LogP contribution is -2.33. The Bertz CT molecular complexity index is 622. The summed E-state index contributed by atoms with van der Waals surface area (Å²) in [5.74, 6) is 0.357. The lowest BCUT2D eigenvalue weighted by Gasteiger charge is -2.20. The van der Waals surface area contributed by atoms with Crippen molar-refractivity contribution in [2.45, 2.75) is 5.41 Å². The van der Waals surface area contributed by atoms with Crippen LogP contribution in [0.25, 0.3) is 0 Å². The van der Waals surface area contributed by atoms with Gasteiger partial charge in [-0.05, 0) is 23.6 Å². The third-order valence-corrected chi connectivity index (χ3v) is 5.24. The van der Waals surface area contributed by atoms with Crippen molar-refractivity contribution in [3.05, 3.63) is 33.8 Å². The zero-order chi connectivity index (χ0) is 15.2. The van der Waals surface area contributed by atoms with Gasteiger partial charge in [0.05, 0.1) is 10.0 Å². The standard InChI is InChI=1S/C14H14Cl2N2O3/c1-21-17-5-9-10-6-18(13(19)20)7-14(9,10)8-2-3-11(15)12(16)4-8/h2-5,9-10H,6-7H2,1H3,(H,19,20). The molecule has 1 aromatic rings. The average Bonchev–Trinajstić information content (AvgIpc) is 2.86. The Morgan fingerprint density at radius 3 is 2.90 bits per heavy atom. The molecule has 3 unspecified atom stereocenters. The summed E-state index contributed by atoms with van der Waals surface area (Å²) >= 11 is 12.1. The van der Waals surface area contributed by atoms with E-state index in [1.54, 1.807) is 12.3 Å². The first kappa shape index (κ1) is 14.5. The molecule has 3 atom stereocenters. The molecule has 1 aliphatic carbocycles. The fraction of sp³-hybridized carbons (Fsp3) is 0.429. The fourth-order valence-electron chi connectivity index (χ4n) is 3.46. The molecule has 3 rings (SSSR count). The maximum Gasteiger partial charge on any atom is 0.407 e. The second-order valence-electron chi connectivity index (χ2n) is 5.40. The summed E-state index contributed by atoms with van der Waals surface area (Å²) in [5.41, 5.74) is 0.729. The maximum atomic E-state index is 11.2. The van der Waals surface area contributed by atoms with E-state index in [9.17, 15) is 9.90 Å². The van der Waals surface area contributed by atoms with Crippen LogP contribution in [0.1, 0.15) is 5.56 Å². The van der Waals surface area contributed by atoms with E-state index < -0.39 is 6.09 Å². The molecule has 1 amide bonds. The van der Waals surface area contributed by atoms with E-state index in [0.717, 1.165) is 5.56 Å². The van der Waals surface area contributed by atoms with Gasteiger partial charge in [-0.2, -0.15) is 0 Å². The van der Waals surface area contributed by atoms with Gasteiger partial charge in [0.25, 0.3) is 0 Å². The molecule has 1 saturated heterocycles. The van der Waals surface area contributed by atoms with E-state index in [-0.39, 0.29) is 17.3 Å². The molecule has 1 heterocycles. The molecule has 5 nitrogen and oxygen atoms in total. The summed E-state index contributed by atoms with van der Waals surface area (Å²) in [7, 11) is 1.49. The van der Waals surface area contributed by atoms with Crippen LogP contribution in [0.3, 0.4) is 0 Å². The molecule has 0 radical (unpaired) electrons. The molecule has 0 bridgehead atoms. The zero-order valence-corrected chi connectivity index (χ0v) is 12.8. The van der Waals surface area contributed by atoms with Crippen LogP contribution in [-0.4, -0.2) is 42.5 Å². The number of carboxylic acid groups (broad SMARTS) is 1. The minimum absolute atomic E-state index is 0.158. The Morgan fingerprint density at radius 2 is 2.29 bits per heavy atom. The molecule has 2 fully saturated rings. The van der Waals surface area contributed by atoms with Crippen LogP contribution in [0, 0.1) is 11.8 Å². The maximum absolute atomic E-state index is 11.2. The van der Waals surface area contributed by atoms with Gasteiger partial charge in [0, 0.05) is 30.6 Å². The number of benzene rings is 1. The van der Waals surface area contributed by atoms with E-state index in [1.807, 2.05) is 12.1 Å². The van der Waals surface area contributed by atoms with Crippen LogP contribution in [0.15, 0.2) is 23.4 Å². The average molecular weight is 329 g/mol. The third-order valence-electron chi connectivity index (χ3n) is 4.50. The van der Waals surface area contributed by atoms with Crippen LogP contribution in [0.4, 0.5) is 4.79 Å². The second-order valence-corrected chi connectivity index (χ2v) is 6.22. The van der Waals surface area contributed by atoms with Crippen molar-refractivity contribution in [3.63, 3.8) is 0 Å². The molecule has 1 N–H and O–H groups in total. The number of hydrogen-bond acceptors (Lipinski definition) is 3. The molecule has 7 heteroatoms. The molecule has 0 spiro atoms. The largest absolute Gasteiger partial charge is 0.465 e. The van der Waals surface area contributed by atoms with E-state index in [1.165, 1.54) is 12.0 Å². The SMILES string of the molecule is CON=CC1C2CN(C(=O)O)CC12c1ccc(Cl)c(Cl)c1. The van der Waals surface area contributed by atoms with Crippen LogP contribution in [0.5, 0.6) is 0 Å². The van der Waals surface area contributed by atoms with Crippen LogP contribution in [-0.2, 0) is 10.3 Å². The summed E-state index contributed by atoms with van der Waals surface area (Å²) in [4.78, 5) is 17.4. The van der Waals surface area contributed by atoms with Crippen molar-refractivity contribution in [1.82, 2.24) is 4.90 Å². The number of fused-ring (bicyclic) bond motifs is 1. The topological polar surface area (TPSA) is 62.1 Å². The minimum Gasteiger partial charge on any atom is -0.465 e. The number of rotatable bonds is 3. The van der Waals surface area contributed by atoms with E-state index in [4.69, 9.17) is 28.0 Å². The summed E-state index contributed by atoms with van der Waals surface area (Å²) in [6.45, 7) is 0.932. The van der Waals surface area contributed by atoms with Crippen molar-refractivity contribution >= 4 is 35.5 Å². The molecule has 1 aromatic carbocycles. The van der Waals surface area contributed by atoms with Gasteiger partial charge in [-0.15, -0.1) is 0 Å². The van der Waals surface area contributed by atoms with Gasteiger partial charge in [-0.25, -0.2) is 4.79 Å². The molecule has 112 valence electrons. The smallest absolute Gasteiger partial charge is 0.407 e. The first-order valence-corrected chi connectivity index (χ1v) is 7.26. The Labute approximate surface area is 132 Å². The summed E-state index contributed by atoms with van der Waals surface area (Å²) in [6.07, 6.45) is 0.857. The van der Waals surface area contributed by atoms with Crippen molar-refractivity contribution in [2.24, 2.45) is 17.0 Å². The number of piperidine rings is 1. The monoisotopic (exact) mass is 328 g/mol. The van der Waals surface area contributed by atoms with Crippen molar-refractivity contribution in [1.29, 1.82) is 0 Å². The Balaban J connectivity index is 1.96. The van der Waals surface area contributed by atoms with E-state index >= 15 is 0 Å². The fourth-order valence-corrected chi connectivity index (χ4v) is 3.76. The van der Waals surface area contributed by atoms with Crippen LogP contribution >= 0.6 is 23.2 Å². The molecule has 1 aliphatic heterocycles. The number of likely N-dealkylation sites (tertiary alicyclic amines) is 1. The Hall–Kier alpha value is -1.46. The van der Waals surface area contributed by atoms with E-state index in [2.05, 4.69) is 5.16 Å². The lowest BCUT2D eigenvalue weighted by atomic mass is 9.93. The molecule has 21 heavy (non-hydrogen) atoms. The predicted molar refractivity (Wildman–Crippen MR) is 80.2 cm³/mol. The predicted octanol–water partition coefficient (Wildman–Crippen LogP) is 3.10. The van der Waals surface area contributed by atoms with Crippen LogP contribution in [0.2, 0.25) is 10.0 Å². The summed E-state index contributed by atoms with van der Waals surface area (Å²) in [6, 6.07) is 5.48. The van der Waals surface area contributed by atoms with Crippen LogP contribution < -0.4 is 0 Å². The van der Waals surface area contributed by atoms with Gasteiger partial charge < -0.3 is 14.8 Å². The van der Waals surface area contributed by atoms with Crippen molar-refractivity contribution in [2.75, 3.05) is 20.2 Å². The number of carbonyl (C=O) groups is 1. The normalized spacial score (nSPS) is 30.5. The third kappa shape index (κ3) is 2.15. The Kier molecular flexibility index (Phi) is 3.50. The quantitative estimate of drug-likeness (QED) is 0.685. The number of amides is 1. The lowest BCUT2D eigenvalue weighted by molar-refractivity contribution is 0.148. The first-order chi connectivity index (χ1) is 10.0. The zero-order valence-electron chi connectivity index (χ0n) is 11.3.